The maximum Gasteiger partial charge on any atom is 0.227 e. The highest BCUT2D eigenvalue weighted by atomic mass is 32.1. The van der Waals surface area contributed by atoms with Crippen molar-refractivity contribution < 1.29 is 9.59 Å². The quantitative estimate of drug-likeness (QED) is 0.776. The van der Waals surface area contributed by atoms with Crippen LogP contribution in [0.3, 0.4) is 0 Å². The average molecular weight is 404 g/mol. The molecule has 3 aliphatic rings. The van der Waals surface area contributed by atoms with E-state index in [-0.39, 0.29) is 11.8 Å². The van der Waals surface area contributed by atoms with Crippen LogP contribution < -0.4 is 0 Å². The molecule has 3 fully saturated rings. The van der Waals surface area contributed by atoms with Crippen molar-refractivity contribution in [3.8, 4) is 0 Å². The molecule has 0 atom stereocenters. The van der Waals surface area contributed by atoms with E-state index in [9.17, 15) is 9.59 Å². The minimum absolute atomic E-state index is 0.238. The van der Waals surface area contributed by atoms with Gasteiger partial charge in [-0.15, -0.1) is 11.3 Å². The summed E-state index contributed by atoms with van der Waals surface area (Å²) in [5.74, 6) is 0.918. The number of piperidine rings is 3. The van der Waals surface area contributed by atoms with E-state index in [2.05, 4.69) is 9.80 Å². The molecule has 4 heterocycles. The number of hydrogen-bond donors (Lipinski definition) is 0. The van der Waals surface area contributed by atoms with Crippen molar-refractivity contribution in [1.82, 2.24) is 14.7 Å². The highest BCUT2D eigenvalue weighted by molar-refractivity contribution is 7.10. The number of hydrogen-bond acceptors (Lipinski definition) is 4. The predicted molar refractivity (Wildman–Crippen MR) is 112 cm³/mol. The van der Waals surface area contributed by atoms with Gasteiger partial charge in [0.15, 0.2) is 0 Å². The van der Waals surface area contributed by atoms with Crippen LogP contribution >= 0.6 is 11.3 Å². The van der Waals surface area contributed by atoms with Crippen LogP contribution in [0.15, 0.2) is 17.5 Å². The van der Waals surface area contributed by atoms with Crippen molar-refractivity contribution >= 4 is 23.2 Å². The molecule has 0 unspecified atom stereocenters. The van der Waals surface area contributed by atoms with Crippen LogP contribution in [-0.2, 0) is 16.0 Å². The molecule has 3 saturated heterocycles. The molecule has 0 aromatic carbocycles. The maximum absolute atomic E-state index is 12.7. The Balaban J connectivity index is 1.19. The smallest absolute Gasteiger partial charge is 0.227 e. The van der Waals surface area contributed by atoms with Crippen molar-refractivity contribution in [3.63, 3.8) is 0 Å². The molecular formula is C22H33N3O2S. The molecule has 0 spiro atoms. The van der Waals surface area contributed by atoms with Crippen molar-refractivity contribution in [1.29, 1.82) is 0 Å². The molecule has 3 aliphatic heterocycles. The molecule has 154 valence electrons. The minimum atomic E-state index is 0.238. The second-order valence-corrected chi connectivity index (χ2v) is 9.60. The summed E-state index contributed by atoms with van der Waals surface area (Å²) in [6.07, 6.45) is 8.33. The Kier molecular flexibility index (Phi) is 6.68. The van der Waals surface area contributed by atoms with E-state index in [4.69, 9.17) is 0 Å². The third-order valence-corrected chi connectivity index (χ3v) is 7.66. The number of thiophene rings is 1. The molecule has 0 aliphatic carbocycles. The molecule has 0 saturated carbocycles. The Morgan fingerprint density at radius 2 is 1.61 bits per heavy atom. The summed E-state index contributed by atoms with van der Waals surface area (Å²) in [6.45, 7) is 5.77. The fraction of sp³-hybridized carbons (Fsp3) is 0.727. The molecule has 1 aromatic heterocycles. The number of carbonyl (C=O) groups excluding carboxylic acids is 2. The van der Waals surface area contributed by atoms with Gasteiger partial charge in [-0.1, -0.05) is 6.07 Å². The molecule has 28 heavy (non-hydrogen) atoms. The van der Waals surface area contributed by atoms with Gasteiger partial charge < -0.3 is 14.7 Å². The number of nitrogens with zero attached hydrogens (tertiary/aromatic N) is 3. The minimum Gasteiger partial charge on any atom is -0.342 e. The van der Waals surface area contributed by atoms with Gasteiger partial charge in [0.1, 0.15) is 0 Å². The van der Waals surface area contributed by atoms with Crippen molar-refractivity contribution in [3.05, 3.63) is 22.4 Å². The Morgan fingerprint density at radius 1 is 0.893 bits per heavy atom. The lowest BCUT2D eigenvalue weighted by Gasteiger charge is -2.42. The molecule has 0 radical (unpaired) electrons. The van der Waals surface area contributed by atoms with Gasteiger partial charge in [-0.3, -0.25) is 9.59 Å². The topological polar surface area (TPSA) is 43.9 Å². The fourth-order valence-corrected chi connectivity index (χ4v) is 5.73. The van der Waals surface area contributed by atoms with Gasteiger partial charge >= 0.3 is 0 Å². The summed E-state index contributed by atoms with van der Waals surface area (Å²) >= 11 is 1.66. The van der Waals surface area contributed by atoms with Crippen LogP contribution in [0, 0.1) is 5.92 Å². The van der Waals surface area contributed by atoms with E-state index in [0.29, 0.717) is 18.4 Å². The summed E-state index contributed by atoms with van der Waals surface area (Å²) < 4.78 is 0. The lowest BCUT2D eigenvalue weighted by molar-refractivity contribution is -0.138. The zero-order chi connectivity index (χ0) is 19.3. The lowest BCUT2D eigenvalue weighted by atomic mass is 9.91. The highest BCUT2D eigenvalue weighted by Gasteiger charge is 2.33. The summed E-state index contributed by atoms with van der Waals surface area (Å²) in [4.78, 5) is 33.1. The zero-order valence-electron chi connectivity index (χ0n) is 16.9. The summed E-state index contributed by atoms with van der Waals surface area (Å²) in [5.41, 5.74) is 0. The van der Waals surface area contributed by atoms with Crippen molar-refractivity contribution in [2.24, 2.45) is 5.92 Å². The number of carbonyl (C=O) groups is 2. The molecule has 4 rings (SSSR count). The first kappa shape index (κ1) is 19.9. The van der Waals surface area contributed by atoms with E-state index < -0.39 is 0 Å². The Bertz CT molecular complexity index is 641. The summed E-state index contributed by atoms with van der Waals surface area (Å²) in [6, 6.07) is 4.64. The van der Waals surface area contributed by atoms with Crippen LogP contribution in [0.4, 0.5) is 0 Å². The SMILES string of the molecule is O=C(Cc1cccs1)N1CCC(N2CCC(C(=O)N3CCCCC3)CC2)CC1. The summed E-state index contributed by atoms with van der Waals surface area (Å²) in [5, 5.41) is 2.04. The molecule has 0 bridgehead atoms. The molecule has 1 aromatic rings. The van der Waals surface area contributed by atoms with Crippen LogP contribution in [0.2, 0.25) is 0 Å². The number of amides is 2. The molecular weight excluding hydrogens is 370 g/mol. The average Bonchev–Trinajstić information content (AvgIpc) is 3.27. The van der Waals surface area contributed by atoms with E-state index in [1.807, 2.05) is 22.4 Å². The van der Waals surface area contributed by atoms with Gasteiger partial charge in [0.2, 0.25) is 11.8 Å². The zero-order valence-corrected chi connectivity index (χ0v) is 17.7. The van der Waals surface area contributed by atoms with Crippen LogP contribution in [-0.4, -0.2) is 71.8 Å². The Morgan fingerprint density at radius 3 is 2.25 bits per heavy atom. The van der Waals surface area contributed by atoms with E-state index >= 15 is 0 Å². The Labute approximate surface area is 172 Å². The van der Waals surface area contributed by atoms with E-state index in [0.717, 1.165) is 69.8 Å². The lowest BCUT2D eigenvalue weighted by Crippen LogP contribution is -2.51. The standard InChI is InChI=1S/C22H33N3O2S/c26-21(17-20-5-4-16-28-20)24-14-8-19(9-15-24)23-12-6-18(7-13-23)22(27)25-10-2-1-3-11-25/h4-5,16,18-19H,1-3,6-15,17H2. The van der Waals surface area contributed by atoms with Crippen molar-refractivity contribution in [2.75, 3.05) is 39.3 Å². The summed E-state index contributed by atoms with van der Waals surface area (Å²) in [7, 11) is 0. The molecule has 0 N–H and O–H groups in total. The van der Waals surface area contributed by atoms with Gasteiger partial charge in [-0.05, 0) is 69.5 Å². The second-order valence-electron chi connectivity index (χ2n) is 8.56. The highest BCUT2D eigenvalue weighted by Crippen LogP contribution is 2.26. The van der Waals surface area contributed by atoms with Crippen LogP contribution in [0.1, 0.15) is 49.8 Å². The first-order valence-corrected chi connectivity index (χ1v) is 11.9. The molecule has 2 amide bonds. The molecule has 5 nitrogen and oxygen atoms in total. The largest absolute Gasteiger partial charge is 0.342 e. The predicted octanol–water partition coefficient (Wildman–Crippen LogP) is 3.01. The van der Waals surface area contributed by atoms with Crippen molar-refractivity contribution in [2.45, 2.75) is 57.4 Å². The fourth-order valence-electron chi connectivity index (χ4n) is 5.04. The van der Waals surface area contributed by atoms with E-state index in [1.165, 1.54) is 19.3 Å². The van der Waals surface area contributed by atoms with Gasteiger partial charge in [0.05, 0.1) is 6.42 Å². The second kappa shape index (κ2) is 9.40. The van der Waals surface area contributed by atoms with Gasteiger partial charge in [0, 0.05) is 43.0 Å². The number of rotatable bonds is 4. The number of likely N-dealkylation sites (tertiary alicyclic amines) is 3. The van der Waals surface area contributed by atoms with Crippen LogP contribution in [0.5, 0.6) is 0 Å². The normalized spacial score (nSPS) is 23.1. The van der Waals surface area contributed by atoms with Gasteiger partial charge in [0.25, 0.3) is 0 Å². The third kappa shape index (κ3) is 4.77. The maximum atomic E-state index is 12.7. The van der Waals surface area contributed by atoms with Gasteiger partial charge in [-0.2, -0.15) is 0 Å². The monoisotopic (exact) mass is 403 g/mol. The molecule has 6 heteroatoms. The van der Waals surface area contributed by atoms with Gasteiger partial charge in [-0.25, -0.2) is 0 Å². The first-order valence-electron chi connectivity index (χ1n) is 11.0. The Hall–Kier alpha value is -1.40. The first-order chi connectivity index (χ1) is 13.7. The third-order valence-electron chi connectivity index (χ3n) is 6.79. The van der Waals surface area contributed by atoms with E-state index in [1.54, 1.807) is 11.3 Å². The van der Waals surface area contributed by atoms with Crippen LogP contribution in [0.25, 0.3) is 0 Å².